The van der Waals surface area contributed by atoms with Gasteiger partial charge in [0.05, 0.1) is 0 Å². The Bertz CT molecular complexity index is 282. The van der Waals surface area contributed by atoms with E-state index < -0.39 is 24.4 Å². The third-order valence-corrected chi connectivity index (χ3v) is 1.49. The molecule has 0 aliphatic rings. The Hall–Kier alpha value is -2.19. The van der Waals surface area contributed by atoms with E-state index in [4.69, 9.17) is 10.5 Å². The van der Waals surface area contributed by atoms with Gasteiger partial charge in [0.15, 0.2) is 6.10 Å². The topological polar surface area (TPSA) is 129 Å². The Morgan fingerprint density at radius 2 is 1.59 bits per heavy atom. The maximum absolute atomic E-state index is 10.9. The number of primary amides is 1. The highest BCUT2D eigenvalue weighted by atomic mass is 16.6. The number of amides is 3. The molecule has 98 valence electrons. The molecule has 0 saturated carbocycles. The van der Waals surface area contributed by atoms with Crippen LogP contribution in [0.25, 0.3) is 0 Å². The van der Waals surface area contributed by atoms with Crippen molar-refractivity contribution in [2.45, 2.75) is 6.10 Å². The van der Waals surface area contributed by atoms with Gasteiger partial charge in [-0.3, -0.25) is 0 Å². The largest absolute Gasteiger partial charge is 0.446 e. The van der Waals surface area contributed by atoms with Gasteiger partial charge in [-0.05, 0) is 0 Å². The summed E-state index contributed by atoms with van der Waals surface area (Å²) in [5.74, 6) is 0. The fourth-order valence-corrected chi connectivity index (χ4v) is 0.742. The van der Waals surface area contributed by atoms with Crippen LogP contribution < -0.4 is 16.4 Å². The van der Waals surface area contributed by atoms with Crippen LogP contribution in [-0.2, 0) is 14.2 Å². The van der Waals surface area contributed by atoms with Crippen molar-refractivity contribution in [3.8, 4) is 0 Å². The summed E-state index contributed by atoms with van der Waals surface area (Å²) in [6, 6.07) is 0. The minimum Gasteiger partial charge on any atom is -0.446 e. The van der Waals surface area contributed by atoms with Gasteiger partial charge in [-0.15, -0.1) is 0 Å². The predicted octanol–water partition coefficient (Wildman–Crippen LogP) is -0.838. The maximum atomic E-state index is 10.9. The molecule has 0 heterocycles. The van der Waals surface area contributed by atoms with Gasteiger partial charge in [-0.2, -0.15) is 0 Å². The van der Waals surface area contributed by atoms with Crippen molar-refractivity contribution in [1.29, 1.82) is 0 Å². The quantitative estimate of drug-likeness (QED) is 0.545. The smallest absolute Gasteiger partial charge is 0.407 e. The van der Waals surface area contributed by atoms with Crippen LogP contribution in [0.15, 0.2) is 0 Å². The molecule has 4 N–H and O–H groups in total. The van der Waals surface area contributed by atoms with Crippen LogP contribution in [0.3, 0.4) is 0 Å². The average Bonchev–Trinajstić information content (AvgIpc) is 2.31. The lowest BCUT2D eigenvalue weighted by Gasteiger charge is -2.16. The van der Waals surface area contributed by atoms with Crippen molar-refractivity contribution < 1.29 is 28.6 Å². The van der Waals surface area contributed by atoms with Crippen LogP contribution in [0.5, 0.6) is 0 Å². The molecular weight excluding hydrogens is 234 g/mol. The SMILES string of the molecule is CNC(=O)OCC(COC(N)=O)OC(=O)NC. The van der Waals surface area contributed by atoms with Gasteiger partial charge in [0.25, 0.3) is 0 Å². The summed E-state index contributed by atoms with van der Waals surface area (Å²) in [4.78, 5) is 32.1. The van der Waals surface area contributed by atoms with E-state index in [0.29, 0.717) is 0 Å². The summed E-state index contributed by atoms with van der Waals surface area (Å²) in [6.45, 7) is -0.569. The van der Waals surface area contributed by atoms with E-state index in [1.807, 2.05) is 0 Å². The molecule has 9 nitrogen and oxygen atoms in total. The Kier molecular flexibility index (Phi) is 6.99. The van der Waals surface area contributed by atoms with Gasteiger partial charge >= 0.3 is 18.3 Å². The molecule has 1 unspecified atom stereocenters. The monoisotopic (exact) mass is 249 g/mol. The van der Waals surface area contributed by atoms with Gasteiger partial charge in [0.1, 0.15) is 13.2 Å². The summed E-state index contributed by atoms with van der Waals surface area (Å²) in [5.41, 5.74) is 4.75. The van der Waals surface area contributed by atoms with Crippen molar-refractivity contribution in [2.24, 2.45) is 5.73 Å². The minimum atomic E-state index is -1.02. The molecule has 0 aliphatic carbocycles. The number of rotatable bonds is 5. The molecule has 0 spiro atoms. The summed E-state index contributed by atoms with van der Waals surface area (Å²) in [6.07, 6.45) is -3.40. The number of carbonyl (C=O) groups excluding carboxylic acids is 3. The maximum Gasteiger partial charge on any atom is 0.407 e. The summed E-state index contributed by atoms with van der Waals surface area (Å²) in [7, 11) is 2.73. The molecule has 9 heteroatoms. The van der Waals surface area contributed by atoms with Crippen molar-refractivity contribution in [3.05, 3.63) is 0 Å². The highest BCUT2D eigenvalue weighted by Crippen LogP contribution is 1.96. The van der Waals surface area contributed by atoms with E-state index in [1.165, 1.54) is 14.1 Å². The van der Waals surface area contributed by atoms with Crippen molar-refractivity contribution in [3.63, 3.8) is 0 Å². The summed E-state index contributed by atoms with van der Waals surface area (Å²) < 4.78 is 13.8. The van der Waals surface area contributed by atoms with Gasteiger partial charge < -0.3 is 30.6 Å². The number of hydrogen-bond donors (Lipinski definition) is 3. The van der Waals surface area contributed by atoms with Gasteiger partial charge in [-0.25, -0.2) is 14.4 Å². The second-order valence-electron chi connectivity index (χ2n) is 2.76. The highest BCUT2D eigenvalue weighted by molar-refractivity contribution is 5.68. The average molecular weight is 249 g/mol. The Labute approximate surface area is 97.6 Å². The normalized spacial score (nSPS) is 10.9. The van der Waals surface area contributed by atoms with E-state index in [1.54, 1.807) is 0 Å². The van der Waals surface area contributed by atoms with E-state index in [2.05, 4.69) is 20.1 Å². The van der Waals surface area contributed by atoms with Crippen molar-refractivity contribution in [1.82, 2.24) is 10.6 Å². The van der Waals surface area contributed by atoms with Crippen molar-refractivity contribution >= 4 is 18.3 Å². The highest BCUT2D eigenvalue weighted by Gasteiger charge is 2.17. The third kappa shape index (κ3) is 7.71. The van der Waals surface area contributed by atoms with Gasteiger partial charge in [0, 0.05) is 14.1 Å². The van der Waals surface area contributed by atoms with E-state index in [9.17, 15) is 14.4 Å². The molecule has 0 aliphatic heterocycles. The van der Waals surface area contributed by atoms with Crippen LogP contribution in [-0.4, -0.2) is 51.7 Å². The fraction of sp³-hybridized carbons (Fsp3) is 0.625. The molecule has 0 aromatic rings. The van der Waals surface area contributed by atoms with Crippen molar-refractivity contribution in [2.75, 3.05) is 27.3 Å². The fourth-order valence-electron chi connectivity index (χ4n) is 0.742. The molecule has 0 fully saturated rings. The summed E-state index contributed by atoms with van der Waals surface area (Å²) in [5, 5.41) is 4.40. The number of carbonyl (C=O) groups is 3. The lowest BCUT2D eigenvalue weighted by Crippen LogP contribution is -2.35. The van der Waals surface area contributed by atoms with Crippen LogP contribution in [0.4, 0.5) is 14.4 Å². The first-order valence-electron chi connectivity index (χ1n) is 4.64. The molecule has 17 heavy (non-hydrogen) atoms. The molecule has 0 rings (SSSR count). The van der Waals surface area contributed by atoms with Crippen LogP contribution in [0.1, 0.15) is 0 Å². The van der Waals surface area contributed by atoms with E-state index in [-0.39, 0.29) is 13.2 Å². The molecule has 0 saturated heterocycles. The van der Waals surface area contributed by atoms with Crippen LogP contribution in [0.2, 0.25) is 0 Å². The lowest BCUT2D eigenvalue weighted by molar-refractivity contribution is 0.00996. The zero-order chi connectivity index (χ0) is 13.3. The van der Waals surface area contributed by atoms with Crippen LogP contribution in [0, 0.1) is 0 Å². The van der Waals surface area contributed by atoms with Crippen LogP contribution >= 0.6 is 0 Å². The Morgan fingerprint density at radius 1 is 1.06 bits per heavy atom. The predicted molar refractivity (Wildman–Crippen MR) is 55.3 cm³/mol. The molecule has 0 aromatic heterocycles. The molecule has 0 bridgehead atoms. The lowest BCUT2D eigenvalue weighted by atomic mass is 10.4. The summed E-state index contributed by atoms with van der Waals surface area (Å²) >= 11 is 0. The molecule has 1 atom stereocenters. The number of ether oxygens (including phenoxy) is 3. The minimum absolute atomic E-state index is 0.264. The zero-order valence-corrected chi connectivity index (χ0v) is 9.52. The number of nitrogens with one attached hydrogen (secondary N) is 2. The first kappa shape index (κ1) is 14.8. The first-order valence-corrected chi connectivity index (χ1v) is 4.64. The zero-order valence-electron chi connectivity index (χ0n) is 9.52. The number of hydrogen-bond acceptors (Lipinski definition) is 6. The van der Waals surface area contributed by atoms with E-state index >= 15 is 0 Å². The molecular formula is C8H15N3O6. The molecule has 3 amide bonds. The molecule has 0 aromatic carbocycles. The Balaban J connectivity index is 4.14. The van der Waals surface area contributed by atoms with Gasteiger partial charge in [0.2, 0.25) is 0 Å². The van der Waals surface area contributed by atoms with E-state index in [0.717, 1.165) is 0 Å². The second-order valence-corrected chi connectivity index (χ2v) is 2.76. The van der Waals surface area contributed by atoms with Gasteiger partial charge in [-0.1, -0.05) is 0 Å². The number of alkyl carbamates (subject to hydrolysis) is 2. The molecule has 0 radical (unpaired) electrons. The number of nitrogens with two attached hydrogens (primary N) is 1. The first-order chi connectivity index (χ1) is 7.99. The standard InChI is InChI=1S/C8H15N3O6/c1-10-7(13)16-4-5(3-15-6(9)12)17-8(14)11-2/h5H,3-4H2,1-2H3,(H2,9,12)(H,10,13)(H,11,14). The Morgan fingerprint density at radius 3 is 2.06 bits per heavy atom. The third-order valence-electron chi connectivity index (χ3n) is 1.49. The second kappa shape index (κ2) is 8.02.